The van der Waals surface area contributed by atoms with E-state index in [2.05, 4.69) is 5.32 Å². The monoisotopic (exact) mass is 219 g/mol. The number of carboxylic acid groups (broad SMARTS) is 1. The van der Waals surface area contributed by atoms with Crippen LogP contribution in [0.1, 0.15) is 6.42 Å². The average molecular weight is 219 g/mol. The van der Waals surface area contributed by atoms with Crippen LogP contribution in [0.3, 0.4) is 0 Å². The van der Waals surface area contributed by atoms with Crippen molar-refractivity contribution >= 4 is 5.97 Å². The molecule has 2 N–H and O–H groups in total. The normalized spacial score (nSPS) is 19.5. The molecule has 1 unspecified atom stereocenters. The van der Waals surface area contributed by atoms with Gasteiger partial charge in [-0.25, -0.2) is 0 Å². The Labute approximate surface area is 93.5 Å². The number of hydrogen-bond donors (Lipinski definition) is 2. The summed E-state index contributed by atoms with van der Waals surface area (Å²) in [6.45, 7) is 0.411. The van der Waals surface area contributed by atoms with E-state index in [0.29, 0.717) is 18.8 Å². The number of allylic oxidation sites excluding steroid dienone is 1. The maximum atomic E-state index is 10.7. The first-order valence-corrected chi connectivity index (χ1v) is 5.15. The van der Waals surface area contributed by atoms with Gasteiger partial charge >= 0.3 is 5.97 Å². The lowest BCUT2D eigenvalue weighted by molar-refractivity contribution is -0.141. The molecule has 0 spiro atoms. The van der Waals surface area contributed by atoms with Crippen LogP contribution in [-0.4, -0.2) is 17.6 Å². The van der Waals surface area contributed by atoms with Gasteiger partial charge in [-0.15, -0.1) is 0 Å². The molecule has 0 amide bonds. The smallest absolute Gasteiger partial charge is 0.308 e. The van der Waals surface area contributed by atoms with Crippen LogP contribution in [0.5, 0.6) is 5.75 Å². The average Bonchev–Trinajstić information content (AvgIpc) is 2.31. The van der Waals surface area contributed by atoms with Gasteiger partial charge in [-0.3, -0.25) is 4.79 Å². The number of benzene rings is 1. The predicted octanol–water partition coefficient (Wildman–Crippen LogP) is 1.60. The van der Waals surface area contributed by atoms with Gasteiger partial charge in [-0.2, -0.15) is 0 Å². The number of carboxylic acids is 1. The summed E-state index contributed by atoms with van der Waals surface area (Å²) in [4.78, 5) is 10.7. The van der Waals surface area contributed by atoms with Crippen molar-refractivity contribution in [2.75, 3.05) is 6.54 Å². The number of hydrogen-bond acceptors (Lipinski definition) is 3. The van der Waals surface area contributed by atoms with E-state index in [4.69, 9.17) is 9.84 Å². The minimum absolute atomic E-state index is 0.358. The number of aliphatic carboxylic acids is 1. The van der Waals surface area contributed by atoms with Gasteiger partial charge in [0.25, 0.3) is 0 Å². The molecular weight excluding hydrogens is 206 g/mol. The predicted molar refractivity (Wildman–Crippen MR) is 58.9 cm³/mol. The van der Waals surface area contributed by atoms with Crippen LogP contribution < -0.4 is 10.1 Å². The van der Waals surface area contributed by atoms with E-state index in [1.54, 1.807) is 6.08 Å². The summed E-state index contributed by atoms with van der Waals surface area (Å²) in [5, 5.41) is 11.8. The van der Waals surface area contributed by atoms with E-state index in [9.17, 15) is 4.79 Å². The van der Waals surface area contributed by atoms with Crippen LogP contribution in [-0.2, 0) is 4.79 Å². The molecule has 1 aromatic carbocycles. The minimum Gasteiger partial charge on any atom is -0.481 e. The largest absolute Gasteiger partial charge is 0.481 e. The molecule has 0 bridgehead atoms. The van der Waals surface area contributed by atoms with Crippen molar-refractivity contribution in [3.05, 3.63) is 42.3 Å². The molecular formula is C12H13NO3. The van der Waals surface area contributed by atoms with Crippen LogP contribution in [0.25, 0.3) is 0 Å². The second-order valence-corrected chi connectivity index (χ2v) is 3.64. The standard InChI is InChI=1S/C12H13NO3/c14-12(15)9-6-7-11(13-8-9)16-10-4-2-1-3-5-10/h1-5,7,9,13H,6,8H2,(H,14,15). The summed E-state index contributed by atoms with van der Waals surface area (Å²) in [6.07, 6.45) is 2.28. The molecule has 2 rings (SSSR count). The topological polar surface area (TPSA) is 58.6 Å². The van der Waals surface area contributed by atoms with E-state index in [-0.39, 0.29) is 5.92 Å². The summed E-state index contributed by atoms with van der Waals surface area (Å²) in [5.41, 5.74) is 0. The van der Waals surface area contributed by atoms with Crippen LogP contribution in [0.15, 0.2) is 42.3 Å². The van der Waals surface area contributed by atoms with Gasteiger partial charge in [0.2, 0.25) is 0 Å². The third kappa shape index (κ3) is 2.53. The maximum absolute atomic E-state index is 10.7. The number of carbonyl (C=O) groups is 1. The van der Waals surface area contributed by atoms with Crippen molar-refractivity contribution in [2.24, 2.45) is 5.92 Å². The summed E-state index contributed by atoms with van der Waals surface area (Å²) in [5.74, 6) is 0.240. The van der Waals surface area contributed by atoms with Crippen molar-refractivity contribution < 1.29 is 14.6 Å². The molecule has 1 aliphatic rings. The molecule has 84 valence electrons. The Kier molecular flexibility index (Phi) is 3.10. The summed E-state index contributed by atoms with van der Waals surface area (Å²) in [7, 11) is 0. The van der Waals surface area contributed by atoms with Crippen molar-refractivity contribution in [2.45, 2.75) is 6.42 Å². The molecule has 0 saturated carbocycles. The van der Waals surface area contributed by atoms with Gasteiger partial charge in [-0.05, 0) is 24.6 Å². The summed E-state index contributed by atoms with van der Waals surface area (Å²) < 4.78 is 5.54. The quantitative estimate of drug-likeness (QED) is 0.810. The Morgan fingerprint density at radius 1 is 1.38 bits per heavy atom. The SMILES string of the molecule is O=C(O)C1CC=C(Oc2ccccc2)NC1. The van der Waals surface area contributed by atoms with Gasteiger partial charge in [0, 0.05) is 6.54 Å². The number of nitrogens with one attached hydrogen (secondary N) is 1. The highest BCUT2D eigenvalue weighted by molar-refractivity contribution is 5.70. The molecule has 0 saturated heterocycles. The second kappa shape index (κ2) is 4.70. The van der Waals surface area contributed by atoms with Crippen LogP contribution >= 0.6 is 0 Å². The zero-order chi connectivity index (χ0) is 11.4. The first-order valence-electron chi connectivity index (χ1n) is 5.15. The Balaban J connectivity index is 1.96. The molecule has 0 radical (unpaired) electrons. The molecule has 1 heterocycles. The zero-order valence-corrected chi connectivity index (χ0v) is 8.72. The lowest BCUT2D eigenvalue weighted by Crippen LogP contribution is -2.33. The number of rotatable bonds is 3. The van der Waals surface area contributed by atoms with Crippen LogP contribution in [0.2, 0.25) is 0 Å². The Morgan fingerprint density at radius 2 is 2.12 bits per heavy atom. The molecule has 0 aromatic heterocycles. The first-order chi connectivity index (χ1) is 7.75. The van der Waals surface area contributed by atoms with Crippen molar-refractivity contribution in [3.63, 3.8) is 0 Å². The Hall–Kier alpha value is -1.97. The van der Waals surface area contributed by atoms with Gasteiger partial charge in [0.1, 0.15) is 5.75 Å². The molecule has 1 aliphatic heterocycles. The van der Waals surface area contributed by atoms with Gasteiger partial charge in [0.15, 0.2) is 5.88 Å². The molecule has 4 heteroatoms. The highest BCUT2D eigenvalue weighted by atomic mass is 16.5. The highest BCUT2D eigenvalue weighted by Gasteiger charge is 2.20. The third-order valence-electron chi connectivity index (χ3n) is 2.43. The lowest BCUT2D eigenvalue weighted by atomic mass is 10.0. The Morgan fingerprint density at radius 3 is 2.69 bits per heavy atom. The number of ether oxygens (including phenoxy) is 1. The van der Waals surface area contributed by atoms with Crippen molar-refractivity contribution in [1.82, 2.24) is 5.32 Å². The maximum Gasteiger partial charge on any atom is 0.308 e. The second-order valence-electron chi connectivity index (χ2n) is 3.64. The van der Waals surface area contributed by atoms with Crippen LogP contribution in [0.4, 0.5) is 0 Å². The molecule has 1 atom stereocenters. The van der Waals surface area contributed by atoms with E-state index < -0.39 is 5.97 Å². The Bertz CT molecular complexity index is 400. The first kappa shape index (κ1) is 10.5. The van der Waals surface area contributed by atoms with Gasteiger partial charge in [0.05, 0.1) is 5.92 Å². The van der Waals surface area contributed by atoms with Gasteiger partial charge < -0.3 is 15.2 Å². The van der Waals surface area contributed by atoms with Gasteiger partial charge in [-0.1, -0.05) is 18.2 Å². The lowest BCUT2D eigenvalue weighted by Gasteiger charge is -2.20. The number of para-hydroxylation sites is 1. The third-order valence-corrected chi connectivity index (χ3v) is 2.43. The molecule has 16 heavy (non-hydrogen) atoms. The highest BCUT2D eigenvalue weighted by Crippen LogP contribution is 2.16. The fourth-order valence-electron chi connectivity index (χ4n) is 1.51. The molecule has 4 nitrogen and oxygen atoms in total. The van der Waals surface area contributed by atoms with Crippen molar-refractivity contribution in [1.29, 1.82) is 0 Å². The molecule has 1 aromatic rings. The van der Waals surface area contributed by atoms with E-state index in [1.807, 2.05) is 30.3 Å². The summed E-state index contributed by atoms with van der Waals surface area (Å²) >= 11 is 0. The van der Waals surface area contributed by atoms with E-state index in [0.717, 1.165) is 5.75 Å². The summed E-state index contributed by atoms with van der Waals surface area (Å²) in [6, 6.07) is 9.39. The molecule has 0 fully saturated rings. The van der Waals surface area contributed by atoms with E-state index in [1.165, 1.54) is 0 Å². The fourth-order valence-corrected chi connectivity index (χ4v) is 1.51. The van der Waals surface area contributed by atoms with E-state index >= 15 is 0 Å². The van der Waals surface area contributed by atoms with Crippen molar-refractivity contribution in [3.8, 4) is 5.75 Å². The minimum atomic E-state index is -0.775. The zero-order valence-electron chi connectivity index (χ0n) is 8.72. The van der Waals surface area contributed by atoms with Crippen LogP contribution in [0, 0.1) is 5.92 Å². The fraction of sp³-hybridized carbons (Fsp3) is 0.250. The molecule has 0 aliphatic carbocycles.